The van der Waals surface area contributed by atoms with Crippen LogP contribution in [-0.2, 0) is 22.7 Å². The molecule has 0 saturated carbocycles. The highest BCUT2D eigenvalue weighted by atomic mass is 16.7. The van der Waals surface area contributed by atoms with Gasteiger partial charge in [-0.1, -0.05) is 52.2 Å². The first kappa shape index (κ1) is 30.8. The molecule has 9 heteroatoms. The third-order valence-corrected chi connectivity index (χ3v) is 8.46. The molecule has 41 heavy (non-hydrogen) atoms. The fraction of sp³-hybridized carbons (Fsp3) is 0.562. The number of unbranched alkanes of at least 4 members (excludes halogenated alkanes) is 1. The number of carboxylic acid groups (broad SMARTS) is 1. The first-order valence-corrected chi connectivity index (χ1v) is 14.9. The number of carboxylic acids is 1. The lowest BCUT2D eigenvalue weighted by Crippen LogP contribution is -2.45. The number of hydrogen-bond acceptors (Lipinski definition) is 7. The number of likely N-dealkylation sites (tertiary alicyclic amines) is 1. The van der Waals surface area contributed by atoms with Gasteiger partial charge in [0.1, 0.15) is 0 Å². The number of amides is 1. The van der Waals surface area contributed by atoms with E-state index in [4.69, 9.17) is 15.2 Å². The number of aliphatic hydroxyl groups is 1. The summed E-state index contributed by atoms with van der Waals surface area (Å²) in [5, 5.41) is 20.6. The third-order valence-electron chi connectivity index (χ3n) is 8.46. The highest BCUT2D eigenvalue weighted by Gasteiger charge is 2.48. The summed E-state index contributed by atoms with van der Waals surface area (Å²) in [6, 6.07) is 11.1. The molecule has 4 N–H and O–H groups in total. The Morgan fingerprint density at radius 2 is 1.98 bits per heavy atom. The van der Waals surface area contributed by atoms with E-state index >= 15 is 0 Å². The molecule has 2 heterocycles. The fourth-order valence-electron chi connectivity index (χ4n) is 6.41. The highest BCUT2D eigenvalue weighted by molar-refractivity contribution is 5.95. The number of nitrogens with two attached hydrogens (primary N) is 1. The summed E-state index contributed by atoms with van der Waals surface area (Å²) in [7, 11) is 0. The lowest BCUT2D eigenvalue weighted by atomic mass is 9.81. The summed E-state index contributed by atoms with van der Waals surface area (Å²) < 4.78 is 11.2. The summed E-state index contributed by atoms with van der Waals surface area (Å²) in [5.41, 5.74) is 9.02. The normalized spacial score (nSPS) is 20.8. The van der Waals surface area contributed by atoms with Gasteiger partial charge in [-0.2, -0.15) is 0 Å². The molecule has 1 amide bonds. The van der Waals surface area contributed by atoms with Crippen LogP contribution in [-0.4, -0.2) is 59.5 Å². The van der Waals surface area contributed by atoms with Gasteiger partial charge in [-0.3, -0.25) is 14.5 Å². The summed E-state index contributed by atoms with van der Waals surface area (Å²) in [6.07, 6.45) is 4.49. The van der Waals surface area contributed by atoms with Crippen LogP contribution >= 0.6 is 0 Å². The van der Waals surface area contributed by atoms with Crippen LogP contribution in [0.15, 0.2) is 36.4 Å². The Balaban J connectivity index is 1.68. The van der Waals surface area contributed by atoms with Gasteiger partial charge >= 0.3 is 5.97 Å². The van der Waals surface area contributed by atoms with E-state index in [2.05, 4.69) is 25.7 Å². The molecule has 1 unspecified atom stereocenters. The van der Waals surface area contributed by atoms with Crippen molar-refractivity contribution < 1.29 is 29.3 Å². The van der Waals surface area contributed by atoms with E-state index in [-0.39, 0.29) is 37.8 Å². The summed E-state index contributed by atoms with van der Waals surface area (Å²) >= 11 is 0. The molecule has 0 aliphatic carbocycles. The number of fused-ring (bicyclic) bond motifs is 1. The number of benzene rings is 2. The number of rotatable bonds is 14. The zero-order valence-corrected chi connectivity index (χ0v) is 24.6. The number of anilines is 1. The Morgan fingerprint density at radius 3 is 2.66 bits per heavy atom. The van der Waals surface area contributed by atoms with Gasteiger partial charge in [0.2, 0.25) is 12.7 Å². The minimum absolute atomic E-state index is 0.0488. The molecule has 0 aromatic heterocycles. The van der Waals surface area contributed by atoms with Crippen LogP contribution < -0.4 is 20.1 Å². The van der Waals surface area contributed by atoms with Crippen LogP contribution in [0.1, 0.15) is 75.5 Å². The Hall–Kier alpha value is -3.14. The first-order chi connectivity index (χ1) is 19.8. The number of aliphatic carboxylic acids is 1. The van der Waals surface area contributed by atoms with Crippen molar-refractivity contribution in [2.75, 3.05) is 31.3 Å². The predicted molar refractivity (Wildman–Crippen MR) is 158 cm³/mol. The van der Waals surface area contributed by atoms with Crippen LogP contribution in [0.3, 0.4) is 0 Å². The van der Waals surface area contributed by atoms with E-state index in [9.17, 15) is 19.8 Å². The molecule has 4 rings (SSSR count). The van der Waals surface area contributed by atoms with Crippen molar-refractivity contribution in [2.24, 2.45) is 17.6 Å². The van der Waals surface area contributed by atoms with Crippen LogP contribution in [0.2, 0.25) is 0 Å². The smallest absolute Gasteiger partial charge is 0.308 e. The number of hydrogen-bond donors (Lipinski definition) is 3. The third kappa shape index (κ3) is 7.02. The molecule has 2 aliphatic heterocycles. The second-order valence-corrected chi connectivity index (χ2v) is 11.4. The standard InChI is InChI=1S/C32H45N3O6/c1-4-6-11-35(25-10-7-9-22(13-25)16-33)29(37)18-34-17-26(30(32(38)39)27(34)12-21(3)8-5-2)23-14-24(19-36)31-28(15-23)40-20-41-31/h7,9-10,13-15,21,26-27,30,36H,4-6,8,11-12,16-20,33H2,1-3H3,(H,38,39)/t21?,26-,27+,30-/m1/s1. The van der Waals surface area contributed by atoms with Crippen molar-refractivity contribution in [3.8, 4) is 11.5 Å². The van der Waals surface area contributed by atoms with Gasteiger partial charge in [-0.15, -0.1) is 0 Å². The number of nitrogens with zero attached hydrogens (tertiary/aromatic N) is 2. The molecule has 4 atom stereocenters. The molecule has 1 saturated heterocycles. The first-order valence-electron chi connectivity index (χ1n) is 14.9. The number of carbonyl (C=O) groups excluding carboxylic acids is 1. The van der Waals surface area contributed by atoms with Crippen molar-refractivity contribution in [2.45, 2.75) is 78.0 Å². The van der Waals surface area contributed by atoms with Gasteiger partial charge < -0.3 is 30.3 Å². The lowest BCUT2D eigenvalue weighted by Gasteiger charge is -2.31. The van der Waals surface area contributed by atoms with Gasteiger partial charge in [0.25, 0.3) is 0 Å². The molecule has 2 aromatic rings. The van der Waals surface area contributed by atoms with Crippen LogP contribution in [0.25, 0.3) is 0 Å². The minimum Gasteiger partial charge on any atom is -0.481 e. The van der Waals surface area contributed by atoms with Gasteiger partial charge in [-0.05, 0) is 54.2 Å². The second-order valence-electron chi connectivity index (χ2n) is 11.4. The molecule has 9 nitrogen and oxygen atoms in total. The van der Waals surface area contributed by atoms with E-state index in [1.165, 1.54) is 0 Å². The average Bonchev–Trinajstić information content (AvgIpc) is 3.58. The lowest BCUT2D eigenvalue weighted by molar-refractivity contribution is -0.143. The molecule has 0 bridgehead atoms. The molecule has 224 valence electrons. The van der Waals surface area contributed by atoms with Crippen molar-refractivity contribution >= 4 is 17.6 Å². The summed E-state index contributed by atoms with van der Waals surface area (Å²) in [4.78, 5) is 30.8. The monoisotopic (exact) mass is 567 g/mol. The van der Waals surface area contributed by atoms with Crippen molar-refractivity contribution in [3.05, 3.63) is 53.1 Å². The van der Waals surface area contributed by atoms with Gasteiger partial charge in [0.05, 0.1) is 19.1 Å². The van der Waals surface area contributed by atoms with Crippen molar-refractivity contribution in [3.63, 3.8) is 0 Å². The van der Waals surface area contributed by atoms with E-state index in [0.717, 1.165) is 42.5 Å². The molecule has 0 spiro atoms. The van der Waals surface area contributed by atoms with Crippen molar-refractivity contribution in [1.82, 2.24) is 4.90 Å². The maximum absolute atomic E-state index is 14.0. The maximum atomic E-state index is 14.0. The highest BCUT2D eigenvalue weighted by Crippen LogP contribution is 2.45. The Labute approximate surface area is 243 Å². The van der Waals surface area contributed by atoms with Gasteiger partial charge in [0.15, 0.2) is 11.5 Å². The van der Waals surface area contributed by atoms with Gasteiger partial charge in [0, 0.05) is 42.8 Å². The fourth-order valence-corrected chi connectivity index (χ4v) is 6.41. The predicted octanol–water partition coefficient (Wildman–Crippen LogP) is 4.49. The van der Waals surface area contributed by atoms with E-state index in [0.29, 0.717) is 49.0 Å². The largest absolute Gasteiger partial charge is 0.481 e. The topological polar surface area (TPSA) is 126 Å². The Bertz CT molecular complexity index is 1200. The summed E-state index contributed by atoms with van der Waals surface area (Å²) in [5.74, 6) is -0.667. The van der Waals surface area contributed by atoms with E-state index in [1.807, 2.05) is 41.3 Å². The Kier molecular flexibility index (Phi) is 10.6. The molecular formula is C32H45N3O6. The second kappa shape index (κ2) is 14.2. The van der Waals surface area contributed by atoms with Gasteiger partial charge in [-0.25, -0.2) is 0 Å². The summed E-state index contributed by atoms with van der Waals surface area (Å²) in [6.45, 7) is 7.73. The molecule has 2 aliphatic rings. The quantitative estimate of drug-likeness (QED) is 0.305. The maximum Gasteiger partial charge on any atom is 0.308 e. The molecule has 0 radical (unpaired) electrons. The zero-order valence-electron chi connectivity index (χ0n) is 24.6. The number of ether oxygens (including phenoxy) is 2. The van der Waals surface area contributed by atoms with Crippen LogP contribution in [0.4, 0.5) is 5.69 Å². The van der Waals surface area contributed by atoms with Crippen LogP contribution in [0.5, 0.6) is 11.5 Å². The number of aliphatic hydroxyl groups excluding tert-OH is 1. The van der Waals surface area contributed by atoms with Crippen molar-refractivity contribution in [1.29, 1.82) is 0 Å². The van der Waals surface area contributed by atoms with E-state index < -0.39 is 11.9 Å². The zero-order chi connectivity index (χ0) is 29.5. The molecule has 2 aromatic carbocycles. The SMILES string of the molecule is CCCCN(C(=O)CN1C[C@H](c2cc(CO)c3c(c2)OCO3)[C@@H](C(=O)O)[C@@H]1CC(C)CCC)c1cccc(CN)c1. The van der Waals surface area contributed by atoms with E-state index in [1.54, 1.807) is 0 Å². The van der Waals surface area contributed by atoms with Crippen LogP contribution in [0, 0.1) is 11.8 Å². The minimum atomic E-state index is -0.875. The Morgan fingerprint density at radius 1 is 1.17 bits per heavy atom. The number of carbonyl (C=O) groups is 2. The average molecular weight is 568 g/mol. The molecular weight excluding hydrogens is 522 g/mol. The molecule has 1 fully saturated rings.